The number of carboxylic acids is 1. The van der Waals surface area contributed by atoms with Crippen LogP contribution in [0.4, 0.5) is 5.82 Å². The van der Waals surface area contributed by atoms with Crippen LogP contribution in [0.3, 0.4) is 0 Å². The SMILES string of the molecule is CC(C)c1nn(Cc2ccc(-c3ccnc(N4CCNCC4)c3)cc2)c(=O)c(C(=O)NCC(=O)O)c1O. The molecule has 0 spiro atoms. The number of aromatic nitrogens is 3. The number of anilines is 1. The second-order valence-corrected chi connectivity index (χ2v) is 9.14. The number of benzene rings is 1. The topological polar surface area (TPSA) is 150 Å². The van der Waals surface area contributed by atoms with E-state index in [0.29, 0.717) is 0 Å². The van der Waals surface area contributed by atoms with E-state index in [-0.39, 0.29) is 18.2 Å². The molecular formula is C26H30N6O5. The first kappa shape index (κ1) is 25.8. The van der Waals surface area contributed by atoms with Crippen molar-refractivity contribution in [3.05, 3.63) is 69.8 Å². The predicted molar refractivity (Wildman–Crippen MR) is 138 cm³/mol. The average molecular weight is 507 g/mol. The van der Waals surface area contributed by atoms with Crippen LogP contribution in [-0.4, -0.2) is 69.6 Å². The Hall–Kier alpha value is -4.25. The van der Waals surface area contributed by atoms with E-state index in [0.717, 1.165) is 53.4 Å². The Morgan fingerprint density at radius 1 is 1.11 bits per heavy atom. The van der Waals surface area contributed by atoms with Crippen molar-refractivity contribution in [2.24, 2.45) is 0 Å². The van der Waals surface area contributed by atoms with Crippen LogP contribution in [0.25, 0.3) is 11.1 Å². The minimum Gasteiger partial charge on any atom is -0.505 e. The average Bonchev–Trinajstić information content (AvgIpc) is 2.90. The first-order chi connectivity index (χ1) is 17.7. The van der Waals surface area contributed by atoms with Gasteiger partial charge in [-0.2, -0.15) is 5.10 Å². The number of amides is 1. The molecule has 1 aromatic carbocycles. The number of carbonyl (C=O) groups is 2. The Morgan fingerprint density at radius 3 is 2.46 bits per heavy atom. The van der Waals surface area contributed by atoms with Gasteiger partial charge in [0.1, 0.15) is 23.6 Å². The predicted octanol–water partition coefficient (Wildman–Crippen LogP) is 1.41. The van der Waals surface area contributed by atoms with Crippen LogP contribution >= 0.6 is 0 Å². The third kappa shape index (κ3) is 5.95. The molecule has 0 atom stereocenters. The quantitative estimate of drug-likeness (QED) is 0.356. The van der Waals surface area contributed by atoms with E-state index in [9.17, 15) is 19.5 Å². The Kier molecular flexibility index (Phi) is 7.83. The largest absolute Gasteiger partial charge is 0.505 e. The maximum atomic E-state index is 13.0. The highest BCUT2D eigenvalue weighted by molar-refractivity contribution is 5.98. The Morgan fingerprint density at radius 2 is 1.81 bits per heavy atom. The molecule has 3 heterocycles. The highest BCUT2D eigenvalue weighted by Gasteiger charge is 2.24. The van der Waals surface area contributed by atoms with Gasteiger partial charge in [-0.15, -0.1) is 0 Å². The van der Waals surface area contributed by atoms with Crippen LogP contribution < -0.4 is 21.1 Å². The van der Waals surface area contributed by atoms with Gasteiger partial charge in [-0.3, -0.25) is 14.4 Å². The number of carbonyl (C=O) groups excluding carboxylic acids is 1. The fraction of sp³-hybridized carbons (Fsp3) is 0.346. The number of carboxylic acid groups (broad SMARTS) is 1. The van der Waals surface area contributed by atoms with Crippen LogP contribution in [0.5, 0.6) is 5.75 Å². The summed E-state index contributed by atoms with van der Waals surface area (Å²) in [4.78, 5) is 43.2. The molecular weight excluding hydrogens is 476 g/mol. The van der Waals surface area contributed by atoms with E-state index in [2.05, 4.69) is 31.7 Å². The molecule has 0 bridgehead atoms. The fourth-order valence-electron chi connectivity index (χ4n) is 4.17. The first-order valence-electron chi connectivity index (χ1n) is 12.1. The number of hydrogen-bond donors (Lipinski definition) is 4. The smallest absolute Gasteiger partial charge is 0.322 e. The van der Waals surface area contributed by atoms with Crippen molar-refractivity contribution in [3.8, 4) is 16.9 Å². The van der Waals surface area contributed by atoms with E-state index in [1.807, 2.05) is 30.3 Å². The molecule has 2 aromatic heterocycles. The summed E-state index contributed by atoms with van der Waals surface area (Å²) in [5, 5.41) is 29.2. The lowest BCUT2D eigenvalue weighted by atomic mass is 10.0. The van der Waals surface area contributed by atoms with Gasteiger partial charge in [0.2, 0.25) is 0 Å². The summed E-state index contributed by atoms with van der Waals surface area (Å²) in [5.74, 6) is -2.11. The van der Waals surface area contributed by atoms with Gasteiger partial charge in [0, 0.05) is 38.3 Å². The van der Waals surface area contributed by atoms with Crippen LogP contribution in [0.15, 0.2) is 47.4 Å². The molecule has 1 amide bonds. The second-order valence-electron chi connectivity index (χ2n) is 9.14. The molecule has 1 fully saturated rings. The lowest BCUT2D eigenvalue weighted by Crippen LogP contribution is -2.43. The Bertz CT molecular complexity index is 1350. The van der Waals surface area contributed by atoms with Crippen LogP contribution in [0, 0.1) is 0 Å². The van der Waals surface area contributed by atoms with Crippen molar-refractivity contribution in [2.75, 3.05) is 37.6 Å². The molecule has 194 valence electrons. The summed E-state index contributed by atoms with van der Waals surface area (Å²) >= 11 is 0. The maximum absolute atomic E-state index is 13.0. The fourth-order valence-corrected chi connectivity index (χ4v) is 4.17. The molecule has 11 heteroatoms. The molecule has 37 heavy (non-hydrogen) atoms. The van der Waals surface area contributed by atoms with Crippen molar-refractivity contribution in [1.82, 2.24) is 25.4 Å². The van der Waals surface area contributed by atoms with Crippen LogP contribution in [0.1, 0.15) is 41.4 Å². The van der Waals surface area contributed by atoms with E-state index < -0.39 is 35.3 Å². The zero-order valence-corrected chi connectivity index (χ0v) is 20.8. The summed E-state index contributed by atoms with van der Waals surface area (Å²) in [5.41, 5.74) is 1.64. The van der Waals surface area contributed by atoms with Gasteiger partial charge in [-0.25, -0.2) is 9.67 Å². The normalized spacial score (nSPS) is 13.5. The van der Waals surface area contributed by atoms with Gasteiger partial charge >= 0.3 is 5.97 Å². The molecule has 1 aliphatic heterocycles. The third-order valence-electron chi connectivity index (χ3n) is 6.14. The summed E-state index contributed by atoms with van der Waals surface area (Å²) < 4.78 is 1.12. The molecule has 0 radical (unpaired) electrons. The van der Waals surface area contributed by atoms with Crippen molar-refractivity contribution < 1.29 is 19.8 Å². The number of rotatable bonds is 8. The molecule has 4 N–H and O–H groups in total. The van der Waals surface area contributed by atoms with Crippen LogP contribution in [0.2, 0.25) is 0 Å². The molecule has 3 aromatic rings. The van der Waals surface area contributed by atoms with E-state index in [1.54, 1.807) is 20.0 Å². The van der Waals surface area contributed by atoms with Gasteiger partial charge < -0.3 is 25.7 Å². The number of nitrogens with one attached hydrogen (secondary N) is 2. The van der Waals surface area contributed by atoms with Gasteiger partial charge in [0.15, 0.2) is 5.75 Å². The zero-order valence-electron chi connectivity index (χ0n) is 20.8. The first-order valence-corrected chi connectivity index (χ1v) is 12.1. The van der Waals surface area contributed by atoms with Crippen LogP contribution in [-0.2, 0) is 11.3 Å². The standard InChI is InChI=1S/C26H30N6O5/c1-16(2)23-24(35)22(25(36)29-14-21(33)34)26(37)32(30-23)15-17-3-5-18(6-4-17)19-7-8-28-20(13-19)31-11-9-27-10-12-31/h3-8,13,16,27,35H,9-12,14-15H2,1-2H3,(H,29,36)(H,33,34). The molecule has 0 aliphatic carbocycles. The molecule has 1 aliphatic rings. The monoisotopic (exact) mass is 506 g/mol. The number of hydrogen-bond acceptors (Lipinski definition) is 8. The lowest BCUT2D eigenvalue weighted by molar-refractivity contribution is -0.135. The summed E-state index contributed by atoms with van der Waals surface area (Å²) in [7, 11) is 0. The second kappa shape index (κ2) is 11.2. The summed E-state index contributed by atoms with van der Waals surface area (Å²) in [6.45, 7) is 6.59. The number of nitrogens with zero attached hydrogens (tertiary/aromatic N) is 4. The number of aromatic hydroxyl groups is 1. The number of pyridine rings is 1. The van der Waals surface area contributed by atoms with Gasteiger partial charge in [-0.05, 0) is 28.8 Å². The summed E-state index contributed by atoms with van der Waals surface area (Å²) in [6.07, 6.45) is 1.80. The van der Waals surface area contributed by atoms with Gasteiger partial charge in [0.05, 0.1) is 6.54 Å². The molecule has 4 rings (SSSR count). The van der Waals surface area contributed by atoms with Crippen molar-refractivity contribution in [2.45, 2.75) is 26.3 Å². The van der Waals surface area contributed by atoms with Crippen molar-refractivity contribution >= 4 is 17.7 Å². The maximum Gasteiger partial charge on any atom is 0.322 e. The highest BCUT2D eigenvalue weighted by atomic mass is 16.4. The molecule has 11 nitrogen and oxygen atoms in total. The number of piperazine rings is 1. The van der Waals surface area contributed by atoms with E-state index in [4.69, 9.17) is 5.11 Å². The third-order valence-corrected chi connectivity index (χ3v) is 6.14. The minimum absolute atomic E-state index is 0.0701. The Balaban J connectivity index is 1.59. The molecule has 0 unspecified atom stereocenters. The highest BCUT2D eigenvalue weighted by Crippen LogP contribution is 2.26. The molecule has 1 saturated heterocycles. The van der Waals surface area contributed by atoms with Gasteiger partial charge in [-0.1, -0.05) is 38.1 Å². The minimum atomic E-state index is -1.26. The van der Waals surface area contributed by atoms with E-state index >= 15 is 0 Å². The zero-order chi connectivity index (χ0) is 26.5. The molecule has 0 saturated carbocycles. The van der Waals surface area contributed by atoms with Gasteiger partial charge in [0.25, 0.3) is 11.5 Å². The van der Waals surface area contributed by atoms with Crippen molar-refractivity contribution in [1.29, 1.82) is 0 Å². The van der Waals surface area contributed by atoms with Crippen molar-refractivity contribution in [3.63, 3.8) is 0 Å². The Labute approximate surface area is 213 Å². The lowest BCUT2D eigenvalue weighted by Gasteiger charge is -2.28. The van der Waals surface area contributed by atoms with E-state index in [1.165, 1.54) is 0 Å². The number of aliphatic carboxylic acids is 1. The summed E-state index contributed by atoms with van der Waals surface area (Å²) in [6, 6.07) is 11.6.